The zero-order valence-corrected chi connectivity index (χ0v) is 18.8. The van der Waals surface area contributed by atoms with E-state index in [0.717, 1.165) is 30.7 Å². The Morgan fingerprint density at radius 1 is 1.12 bits per heavy atom. The summed E-state index contributed by atoms with van der Waals surface area (Å²) in [6.45, 7) is 4.71. The number of piperidine rings is 1. The van der Waals surface area contributed by atoms with Gasteiger partial charge in [-0.1, -0.05) is 18.2 Å². The first-order chi connectivity index (χ1) is 15.3. The average molecular weight is 439 g/mol. The number of carbonyl (C=O) groups excluding carboxylic acids is 1. The van der Waals surface area contributed by atoms with Gasteiger partial charge in [0.15, 0.2) is 6.61 Å². The van der Waals surface area contributed by atoms with Crippen LogP contribution in [0.15, 0.2) is 48.5 Å². The second-order valence-corrected chi connectivity index (χ2v) is 9.04. The van der Waals surface area contributed by atoms with Gasteiger partial charge >= 0.3 is 5.97 Å². The SMILES string of the molecule is COc1ccccc1N1[C@H]2CCCN(C(=O)c3cccc(OCC(=O)O)c3)[C@H]2CC1(C)C. The van der Waals surface area contributed by atoms with Gasteiger partial charge in [0.2, 0.25) is 0 Å². The number of amides is 1. The number of para-hydroxylation sites is 2. The summed E-state index contributed by atoms with van der Waals surface area (Å²) in [7, 11) is 1.69. The molecule has 2 saturated heterocycles. The summed E-state index contributed by atoms with van der Waals surface area (Å²) in [5.41, 5.74) is 1.44. The fourth-order valence-corrected chi connectivity index (χ4v) is 5.26. The molecule has 0 aliphatic carbocycles. The second kappa shape index (κ2) is 8.73. The highest BCUT2D eigenvalue weighted by Gasteiger charge is 2.51. The topological polar surface area (TPSA) is 79.3 Å². The van der Waals surface area contributed by atoms with Crippen molar-refractivity contribution >= 4 is 17.6 Å². The maximum atomic E-state index is 13.5. The molecule has 2 aromatic carbocycles. The van der Waals surface area contributed by atoms with Crippen molar-refractivity contribution in [2.45, 2.75) is 50.7 Å². The molecule has 0 spiro atoms. The molecule has 1 amide bonds. The Balaban J connectivity index is 1.61. The minimum absolute atomic E-state index is 0.0434. The molecule has 0 saturated carbocycles. The van der Waals surface area contributed by atoms with E-state index in [9.17, 15) is 9.59 Å². The lowest BCUT2D eigenvalue weighted by Gasteiger charge is -2.42. The number of benzene rings is 2. The van der Waals surface area contributed by atoms with Crippen LogP contribution in [0.2, 0.25) is 0 Å². The summed E-state index contributed by atoms with van der Waals surface area (Å²) < 4.78 is 10.9. The zero-order valence-electron chi connectivity index (χ0n) is 18.8. The molecule has 0 radical (unpaired) electrons. The van der Waals surface area contributed by atoms with Crippen LogP contribution in [0.4, 0.5) is 5.69 Å². The lowest BCUT2D eigenvalue weighted by molar-refractivity contribution is -0.139. The molecule has 4 rings (SSSR count). The Labute approximate surface area is 188 Å². The molecule has 7 heteroatoms. The van der Waals surface area contributed by atoms with Gasteiger partial charge in [-0.3, -0.25) is 4.79 Å². The molecule has 0 unspecified atom stereocenters. The number of fused-ring (bicyclic) bond motifs is 1. The van der Waals surface area contributed by atoms with Gasteiger partial charge in [-0.25, -0.2) is 4.79 Å². The van der Waals surface area contributed by atoms with Crippen molar-refractivity contribution < 1.29 is 24.2 Å². The van der Waals surface area contributed by atoms with E-state index in [-0.39, 0.29) is 23.5 Å². The Bertz CT molecular complexity index is 1010. The van der Waals surface area contributed by atoms with Crippen LogP contribution in [0.1, 0.15) is 43.5 Å². The highest BCUT2D eigenvalue weighted by molar-refractivity contribution is 5.95. The van der Waals surface area contributed by atoms with Gasteiger partial charge in [0.05, 0.1) is 24.9 Å². The number of ether oxygens (including phenoxy) is 2. The van der Waals surface area contributed by atoms with E-state index < -0.39 is 12.6 Å². The van der Waals surface area contributed by atoms with Crippen LogP contribution in [-0.2, 0) is 4.79 Å². The lowest BCUT2D eigenvalue weighted by atomic mass is 9.93. The summed E-state index contributed by atoms with van der Waals surface area (Å²) in [5, 5.41) is 8.85. The van der Waals surface area contributed by atoms with Crippen LogP contribution in [-0.4, -0.2) is 59.8 Å². The Hall–Kier alpha value is -3.22. The van der Waals surface area contributed by atoms with E-state index >= 15 is 0 Å². The van der Waals surface area contributed by atoms with Crippen LogP contribution in [0, 0.1) is 0 Å². The molecular formula is C25H30N2O5. The fourth-order valence-electron chi connectivity index (χ4n) is 5.26. The first-order valence-electron chi connectivity index (χ1n) is 11.0. The lowest BCUT2D eigenvalue weighted by Crippen LogP contribution is -2.53. The first kappa shape index (κ1) is 22.0. The van der Waals surface area contributed by atoms with Gasteiger partial charge in [-0.15, -0.1) is 0 Å². The van der Waals surface area contributed by atoms with Gasteiger partial charge < -0.3 is 24.4 Å². The standard InChI is InChI=1S/C25H30N2O5/c1-25(2)15-21-19(27(25)20-10-4-5-12-22(20)31-3)11-7-13-26(21)24(30)17-8-6-9-18(14-17)32-16-23(28)29/h4-6,8-10,12,14,19,21H,7,11,13,15-16H2,1-3H3,(H,28,29)/t19-,21-/m0/s1. The van der Waals surface area contributed by atoms with E-state index in [1.54, 1.807) is 31.4 Å². The molecule has 32 heavy (non-hydrogen) atoms. The number of methoxy groups -OCH3 is 1. The normalized spacial score (nSPS) is 21.7. The molecule has 1 N–H and O–H groups in total. The minimum atomic E-state index is -1.05. The van der Waals surface area contributed by atoms with Crippen LogP contribution >= 0.6 is 0 Å². The van der Waals surface area contributed by atoms with Gasteiger partial charge in [0.1, 0.15) is 11.5 Å². The molecule has 7 nitrogen and oxygen atoms in total. The van der Waals surface area contributed by atoms with Crippen LogP contribution in [0.25, 0.3) is 0 Å². The van der Waals surface area contributed by atoms with E-state index in [1.807, 2.05) is 23.1 Å². The fraction of sp³-hybridized carbons (Fsp3) is 0.440. The molecule has 2 heterocycles. The summed E-state index contributed by atoms with van der Waals surface area (Å²) in [5.74, 6) is 0.130. The van der Waals surface area contributed by atoms with Crippen LogP contribution in [0.5, 0.6) is 11.5 Å². The van der Waals surface area contributed by atoms with Crippen molar-refractivity contribution in [1.82, 2.24) is 4.90 Å². The molecule has 2 atom stereocenters. The summed E-state index contributed by atoms with van der Waals surface area (Å²) in [6, 6.07) is 15.1. The number of nitrogens with zero attached hydrogens (tertiary/aromatic N) is 2. The molecule has 2 fully saturated rings. The third-order valence-corrected chi connectivity index (χ3v) is 6.48. The highest BCUT2D eigenvalue weighted by atomic mass is 16.5. The number of rotatable bonds is 6. The highest BCUT2D eigenvalue weighted by Crippen LogP contribution is 2.46. The predicted octanol–water partition coefficient (Wildman–Crippen LogP) is 3.82. The van der Waals surface area contributed by atoms with E-state index in [1.165, 1.54) is 0 Å². The van der Waals surface area contributed by atoms with Crippen molar-refractivity contribution in [2.75, 3.05) is 25.2 Å². The van der Waals surface area contributed by atoms with Crippen molar-refractivity contribution in [3.8, 4) is 11.5 Å². The molecule has 0 aromatic heterocycles. The van der Waals surface area contributed by atoms with Crippen molar-refractivity contribution in [1.29, 1.82) is 0 Å². The predicted molar refractivity (Wildman–Crippen MR) is 122 cm³/mol. The maximum Gasteiger partial charge on any atom is 0.341 e. The number of aliphatic carboxylic acids is 1. The number of anilines is 1. The monoisotopic (exact) mass is 438 g/mol. The number of hydrogen-bond donors (Lipinski definition) is 1. The molecule has 170 valence electrons. The van der Waals surface area contributed by atoms with Crippen LogP contribution in [0.3, 0.4) is 0 Å². The van der Waals surface area contributed by atoms with E-state index in [4.69, 9.17) is 14.6 Å². The molecule has 2 aromatic rings. The quantitative estimate of drug-likeness (QED) is 0.739. The van der Waals surface area contributed by atoms with Crippen molar-refractivity contribution in [2.24, 2.45) is 0 Å². The summed E-state index contributed by atoms with van der Waals surface area (Å²) >= 11 is 0. The number of hydrogen-bond acceptors (Lipinski definition) is 5. The van der Waals surface area contributed by atoms with Gasteiger partial charge in [-0.05, 0) is 63.4 Å². The number of likely N-dealkylation sites (tertiary alicyclic amines) is 1. The van der Waals surface area contributed by atoms with Crippen molar-refractivity contribution in [3.05, 3.63) is 54.1 Å². The van der Waals surface area contributed by atoms with Gasteiger partial charge in [-0.2, -0.15) is 0 Å². The minimum Gasteiger partial charge on any atom is -0.495 e. The third kappa shape index (κ3) is 4.11. The zero-order chi connectivity index (χ0) is 22.9. The second-order valence-electron chi connectivity index (χ2n) is 9.04. The first-order valence-corrected chi connectivity index (χ1v) is 11.0. The summed E-state index contributed by atoms with van der Waals surface area (Å²) in [4.78, 5) is 28.7. The number of carbonyl (C=O) groups is 2. The number of carboxylic acids is 1. The molecular weight excluding hydrogens is 408 g/mol. The largest absolute Gasteiger partial charge is 0.495 e. The Kier molecular flexibility index (Phi) is 6.00. The van der Waals surface area contributed by atoms with Gasteiger partial charge in [0, 0.05) is 17.6 Å². The average Bonchev–Trinajstić information content (AvgIpc) is 3.06. The number of carboxylic acid groups (broad SMARTS) is 1. The van der Waals surface area contributed by atoms with Crippen molar-refractivity contribution in [3.63, 3.8) is 0 Å². The Morgan fingerprint density at radius 3 is 2.66 bits per heavy atom. The van der Waals surface area contributed by atoms with E-state index in [2.05, 4.69) is 24.8 Å². The third-order valence-electron chi connectivity index (χ3n) is 6.48. The van der Waals surface area contributed by atoms with E-state index in [0.29, 0.717) is 17.9 Å². The maximum absolute atomic E-state index is 13.5. The smallest absolute Gasteiger partial charge is 0.341 e. The Morgan fingerprint density at radius 2 is 1.91 bits per heavy atom. The van der Waals surface area contributed by atoms with Crippen LogP contribution < -0.4 is 14.4 Å². The summed E-state index contributed by atoms with van der Waals surface area (Å²) in [6.07, 6.45) is 2.79. The molecule has 2 aliphatic heterocycles. The van der Waals surface area contributed by atoms with Gasteiger partial charge in [0.25, 0.3) is 5.91 Å². The molecule has 2 aliphatic rings. The molecule has 0 bridgehead atoms.